The number of carbonyl (C=O) groups is 1. The van der Waals surface area contributed by atoms with Crippen molar-refractivity contribution >= 4 is 23.4 Å². The van der Waals surface area contributed by atoms with Crippen LogP contribution >= 0.6 is 11.8 Å². The van der Waals surface area contributed by atoms with Gasteiger partial charge in [0.25, 0.3) is 0 Å². The van der Waals surface area contributed by atoms with Crippen LogP contribution in [0.15, 0.2) is 29.6 Å². The number of rotatable bonds is 4. The number of urea groups is 1. The van der Waals surface area contributed by atoms with Gasteiger partial charge in [0.1, 0.15) is 5.03 Å². The van der Waals surface area contributed by atoms with Crippen molar-refractivity contribution < 1.29 is 4.79 Å². The Morgan fingerprint density at radius 2 is 2.44 bits per heavy atom. The van der Waals surface area contributed by atoms with Crippen LogP contribution in [0.1, 0.15) is 0 Å². The van der Waals surface area contributed by atoms with Gasteiger partial charge >= 0.3 is 6.03 Å². The first-order valence-corrected chi connectivity index (χ1v) is 5.71. The third-order valence-electron chi connectivity index (χ3n) is 1.88. The molecular formula is C9H11N5OS. The summed E-state index contributed by atoms with van der Waals surface area (Å²) in [5.41, 5.74) is 5.76. The van der Waals surface area contributed by atoms with Gasteiger partial charge in [0.05, 0.1) is 0 Å². The lowest BCUT2D eigenvalue weighted by molar-refractivity contribution is 0.249. The van der Waals surface area contributed by atoms with Crippen molar-refractivity contribution in [3.05, 3.63) is 24.5 Å². The summed E-state index contributed by atoms with van der Waals surface area (Å²) in [6.45, 7) is 0.531. The number of nitrogens with one attached hydrogen (secondary N) is 1. The molecule has 2 aromatic rings. The van der Waals surface area contributed by atoms with Crippen LogP contribution in [0, 0.1) is 0 Å². The van der Waals surface area contributed by atoms with Crippen LogP contribution in [0.25, 0.3) is 5.65 Å². The standard InChI is InChI=1S/C9H11N5OS/c10-9(15)12-4-6-16-8-2-1-7-11-3-5-14(7)13-8/h1-3,5H,4,6H2,(H3,10,12,15). The van der Waals surface area contributed by atoms with Crippen LogP contribution in [0.4, 0.5) is 4.79 Å². The van der Waals surface area contributed by atoms with Gasteiger partial charge in [0, 0.05) is 24.7 Å². The van der Waals surface area contributed by atoms with E-state index >= 15 is 0 Å². The summed E-state index contributed by atoms with van der Waals surface area (Å²) in [5, 5.41) is 7.73. The van der Waals surface area contributed by atoms with Crippen LogP contribution in [0.2, 0.25) is 0 Å². The van der Waals surface area contributed by atoms with E-state index in [1.165, 1.54) is 0 Å². The van der Waals surface area contributed by atoms with Gasteiger partial charge in [-0.2, -0.15) is 5.10 Å². The van der Waals surface area contributed by atoms with Crippen LogP contribution < -0.4 is 11.1 Å². The highest BCUT2D eigenvalue weighted by molar-refractivity contribution is 7.99. The van der Waals surface area contributed by atoms with Crippen molar-refractivity contribution in [2.45, 2.75) is 5.03 Å². The molecule has 2 rings (SSSR count). The summed E-state index contributed by atoms with van der Waals surface area (Å²) in [7, 11) is 0. The second-order valence-corrected chi connectivity index (χ2v) is 4.16. The Hall–Kier alpha value is -1.76. The average molecular weight is 237 g/mol. The molecule has 0 aliphatic rings. The fourth-order valence-electron chi connectivity index (χ4n) is 1.20. The van der Waals surface area contributed by atoms with E-state index in [0.29, 0.717) is 6.54 Å². The topological polar surface area (TPSA) is 85.3 Å². The Kier molecular flexibility index (Phi) is 3.25. The van der Waals surface area contributed by atoms with Crippen molar-refractivity contribution in [3.63, 3.8) is 0 Å². The Morgan fingerprint density at radius 3 is 3.25 bits per heavy atom. The van der Waals surface area contributed by atoms with E-state index < -0.39 is 6.03 Å². The molecule has 0 saturated carbocycles. The van der Waals surface area contributed by atoms with Crippen LogP contribution in [0.5, 0.6) is 0 Å². The number of fused-ring (bicyclic) bond motifs is 1. The van der Waals surface area contributed by atoms with Gasteiger partial charge in [0.15, 0.2) is 5.65 Å². The molecule has 0 radical (unpaired) electrons. The molecule has 0 spiro atoms. The number of hydrogen-bond acceptors (Lipinski definition) is 4. The molecular weight excluding hydrogens is 226 g/mol. The maximum atomic E-state index is 10.4. The molecule has 84 valence electrons. The van der Waals surface area contributed by atoms with Crippen molar-refractivity contribution in [3.8, 4) is 0 Å². The van der Waals surface area contributed by atoms with Crippen molar-refractivity contribution in [1.29, 1.82) is 0 Å². The summed E-state index contributed by atoms with van der Waals surface area (Å²) in [6.07, 6.45) is 3.49. The maximum Gasteiger partial charge on any atom is 0.312 e. The first-order chi connectivity index (χ1) is 7.75. The lowest BCUT2D eigenvalue weighted by atomic mass is 10.6. The van der Waals surface area contributed by atoms with Crippen molar-refractivity contribution in [2.75, 3.05) is 12.3 Å². The van der Waals surface area contributed by atoms with Gasteiger partial charge in [-0.25, -0.2) is 14.3 Å². The van der Waals surface area contributed by atoms with Crippen LogP contribution in [-0.4, -0.2) is 32.9 Å². The number of nitrogens with zero attached hydrogens (tertiary/aromatic N) is 3. The molecule has 0 aromatic carbocycles. The van der Waals surface area contributed by atoms with Crippen molar-refractivity contribution in [2.24, 2.45) is 5.73 Å². The molecule has 0 fully saturated rings. The smallest absolute Gasteiger partial charge is 0.312 e. The van der Waals surface area contributed by atoms with Gasteiger partial charge in [-0.3, -0.25) is 0 Å². The monoisotopic (exact) mass is 237 g/mol. The molecule has 7 heteroatoms. The molecule has 0 saturated heterocycles. The zero-order chi connectivity index (χ0) is 11.4. The van der Waals surface area contributed by atoms with E-state index in [9.17, 15) is 4.79 Å². The Labute approximate surface area is 96.2 Å². The number of hydrogen-bond donors (Lipinski definition) is 2. The predicted octanol–water partition coefficient (Wildman–Crippen LogP) is 0.490. The Bertz CT molecular complexity index is 497. The van der Waals surface area contributed by atoms with Gasteiger partial charge in [-0.15, -0.1) is 11.8 Å². The van der Waals surface area contributed by atoms with Crippen molar-refractivity contribution in [1.82, 2.24) is 19.9 Å². The predicted molar refractivity (Wildman–Crippen MR) is 61.3 cm³/mol. The van der Waals surface area contributed by atoms with E-state index in [-0.39, 0.29) is 0 Å². The van der Waals surface area contributed by atoms with Crippen LogP contribution in [0.3, 0.4) is 0 Å². The summed E-state index contributed by atoms with van der Waals surface area (Å²) in [5.74, 6) is 0.732. The van der Waals surface area contributed by atoms with E-state index in [1.807, 2.05) is 12.1 Å². The number of nitrogens with two attached hydrogens (primary N) is 1. The molecule has 2 aromatic heterocycles. The lowest BCUT2D eigenvalue weighted by Gasteiger charge is -2.02. The zero-order valence-corrected chi connectivity index (χ0v) is 9.28. The first kappa shape index (κ1) is 10.7. The Morgan fingerprint density at radius 1 is 1.56 bits per heavy atom. The number of thioether (sulfide) groups is 1. The normalized spacial score (nSPS) is 10.5. The summed E-state index contributed by atoms with van der Waals surface area (Å²) < 4.78 is 1.71. The summed E-state index contributed by atoms with van der Waals surface area (Å²) in [6, 6.07) is 3.30. The average Bonchev–Trinajstić information content (AvgIpc) is 2.71. The number of aromatic nitrogens is 3. The molecule has 6 nitrogen and oxygen atoms in total. The summed E-state index contributed by atoms with van der Waals surface area (Å²) in [4.78, 5) is 14.5. The molecule has 16 heavy (non-hydrogen) atoms. The first-order valence-electron chi connectivity index (χ1n) is 4.72. The number of amides is 2. The SMILES string of the molecule is NC(=O)NCCSc1ccc2nccn2n1. The van der Waals surface area contributed by atoms with Gasteiger partial charge in [-0.1, -0.05) is 0 Å². The van der Waals surface area contributed by atoms with Gasteiger partial charge in [-0.05, 0) is 12.1 Å². The third kappa shape index (κ3) is 2.63. The molecule has 0 aliphatic heterocycles. The lowest BCUT2D eigenvalue weighted by Crippen LogP contribution is -2.31. The van der Waals surface area contributed by atoms with Crippen LogP contribution in [-0.2, 0) is 0 Å². The molecule has 2 amide bonds. The molecule has 3 N–H and O–H groups in total. The molecule has 2 heterocycles. The quantitative estimate of drug-likeness (QED) is 0.598. The minimum absolute atomic E-state index is 0.501. The molecule has 0 unspecified atom stereocenters. The number of primary amides is 1. The van der Waals surface area contributed by atoms with Gasteiger partial charge < -0.3 is 11.1 Å². The molecule has 0 bridgehead atoms. The van der Waals surface area contributed by atoms with E-state index in [2.05, 4.69) is 15.4 Å². The van der Waals surface area contributed by atoms with Gasteiger partial charge in [0.2, 0.25) is 0 Å². The molecule has 0 aliphatic carbocycles. The molecule has 0 atom stereocenters. The maximum absolute atomic E-state index is 10.4. The second kappa shape index (κ2) is 4.84. The highest BCUT2D eigenvalue weighted by Gasteiger charge is 1.99. The Balaban J connectivity index is 1.91. The minimum atomic E-state index is -0.501. The van der Waals surface area contributed by atoms with E-state index in [4.69, 9.17) is 5.73 Å². The zero-order valence-electron chi connectivity index (χ0n) is 8.46. The fourth-order valence-corrected chi connectivity index (χ4v) is 1.93. The minimum Gasteiger partial charge on any atom is -0.352 e. The largest absolute Gasteiger partial charge is 0.352 e. The summed E-state index contributed by atoms with van der Waals surface area (Å²) >= 11 is 1.55. The fraction of sp³-hybridized carbons (Fsp3) is 0.222. The number of imidazole rings is 1. The second-order valence-electron chi connectivity index (χ2n) is 3.04. The number of carbonyl (C=O) groups excluding carboxylic acids is 1. The van der Waals surface area contributed by atoms with E-state index in [1.54, 1.807) is 28.7 Å². The van der Waals surface area contributed by atoms with E-state index in [0.717, 1.165) is 16.4 Å². The highest BCUT2D eigenvalue weighted by Crippen LogP contribution is 2.14. The highest BCUT2D eigenvalue weighted by atomic mass is 32.2. The third-order valence-corrected chi connectivity index (χ3v) is 2.80.